The van der Waals surface area contributed by atoms with Gasteiger partial charge in [0.2, 0.25) is 10.0 Å². The van der Waals surface area contributed by atoms with Crippen LogP contribution in [0.4, 0.5) is 22.0 Å². The van der Waals surface area contributed by atoms with Crippen LogP contribution >= 0.6 is 11.3 Å². The summed E-state index contributed by atoms with van der Waals surface area (Å²) in [5, 5.41) is 19.4. The maximum Gasteiger partial charge on any atom is 0.433 e. The van der Waals surface area contributed by atoms with Gasteiger partial charge in [0, 0.05) is 28.5 Å². The first-order valence-corrected chi connectivity index (χ1v) is 14.3. The van der Waals surface area contributed by atoms with Crippen LogP contribution in [0.3, 0.4) is 0 Å². The van der Waals surface area contributed by atoms with Crippen molar-refractivity contribution in [3.05, 3.63) is 106 Å². The fraction of sp³-hybridized carbons (Fsp3) is 0.0741. The van der Waals surface area contributed by atoms with Gasteiger partial charge in [-0.15, -0.1) is 16.5 Å². The molecular formula is C27H18F5N4O4S2+. The third kappa shape index (κ3) is 5.85. The largest absolute Gasteiger partial charge is 0.476 e. The first-order chi connectivity index (χ1) is 19.7. The minimum absolute atomic E-state index is 0.0195. The van der Waals surface area contributed by atoms with Gasteiger partial charge in [-0.2, -0.15) is 22.8 Å². The van der Waals surface area contributed by atoms with Crippen molar-refractivity contribution in [2.24, 2.45) is 5.14 Å². The summed E-state index contributed by atoms with van der Waals surface area (Å²) in [4.78, 5) is 15.0. The molecular weight excluding hydrogens is 603 g/mol. The zero-order valence-corrected chi connectivity index (χ0v) is 22.6. The van der Waals surface area contributed by atoms with Crippen molar-refractivity contribution < 1.29 is 40.6 Å². The Morgan fingerprint density at radius 2 is 1.64 bits per heavy atom. The third-order valence-electron chi connectivity index (χ3n) is 6.18. The van der Waals surface area contributed by atoms with E-state index >= 15 is 0 Å². The van der Waals surface area contributed by atoms with Gasteiger partial charge in [-0.1, -0.05) is 24.3 Å². The molecule has 0 aliphatic rings. The molecule has 216 valence electrons. The number of thiazole rings is 1. The van der Waals surface area contributed by atoms with E-state index in [9.17, 15) is 40.6 Å². The highest BCUT2D eigenvalue weighted by molar-refractivity contribution is 7.95. The normalized spacial score (nSPS) is 13.2. The lowest BCUT2D eigenvalue weighted by Crippen LogP contribution is -2.20. The molecule has 0 amide bonds. The summed E-state index contributed by atoms with van der Waals surface area (Å²) in [6.45, 7) is 0. The highest BCUT2D eigenvalue weighted by Gasteiger charge is 2.41. The summed E-state index contributed by atoms with van der Waals surface area (Å²) in [5.41, 5.74) is -1.65. The van der Waals surface area contributed by atoms with Crippen LogP contribution in [-0.2, 0) is 27.2 Å². The van der Waals surface area contributed by atoms with E-state index in [1.807, 2.05) is 0 Å². The number of rotatable bonds is 7. The van der Waals surface area contributed by atoms with E-state index < -0.39 is 45.6 Å². The van der Waals surface area contributed by atoms with Crippen molar-refractivity contribution in [3.8, 4) is 27.5 Å². The molecule has 0 saturated heterocycles. The highest BCUT2D eigenvalue weighted by Crippen LogP contribution is 2.41. The summed E-state index contributed by atoms with van der Waals surface area (Å²) >= 11 is 0.633. The van der Waals surface area contributed by atoms with E-state index in [-0.39, 0.29) is 44.4 Å². The lowest BCUT2D eigenvalue weighted by atomic mass is 9.96. The lowest BCUT2D eigenvalue weighted by Gasteiger charge is -2.12. The van der Waals surface area contributed by atoms with Gasteiger partial charge in [0.25, 0.3) is 0 Å². The summed E-state index contributed by atoms with van der Waals surface area (Å²) < 4.78 is 94.2. The molecule has 42 heavy (non-hydrogen) atoms. The molecule has 0 fully saturated rings. The van der Waals surface area contributed by atoms with Crippen molar-refractivity contribution in [1.29, 1.82) is 0 Å². The van der Waals surface area contributed by atoms with E-state index in [1.165, 1.54) is 48.5 Å². The Hall–Kier alpha value is -4.31. The fourth-order valence-electron chi connectivity index (χ4n) is 4.27. The number of aromatic nitrogens is 3. The first kappa shape index (κ1) is 29.2. The molecule has 0 aliphatic carbocycles. The number of nitrogens with zero attached hydrogens (tertiary/aromatic N) is 3. The van der Waals surface area contributed by atoms with E-state index in [4.69, 9.17) is 5.14 Å². The lowest BCUT2D eigenvalue weighted by molar-refractivity contribution is -0.143. The molecule has 0 saturated carbocycles. The number of carbonyl (C=O) groups is 1. The monoisotopic (exact) mass is 621 g/mol. The maximum absolute atomic E-state index is 14.9. The molecule has 2 heterocycles. The highest BCUT2D eigenvalue weighted by atomic mass is 32.3. The zero-order valence-electron chi connectivity index (χ0n) is 21.0. The Labute approximate surface area is 239 Å². The van der Waals surface area contributed by atoms with Crippen LogP contribution in [0.1, 0.15) is 27.3 Å². The predicted molar refractivity (Wildman–Crippen MR) is 144 cm³/mol. The van der Waals surface area contributed by atoms with Gasteiger partial charge in [0.05, 0.1) is 5.69 Å². The average molecular weight is 622 g/mol. The van der Waals surface area contributed by atoms with Crippen LogP contribution in [-0.4, -0.2) is 30.4 Å². The van der Waals surface area contributed by atoms with Crippen LogP contribution < -0.4 is 5.14 Å². The van der Waals surface area contributed by atoms with Crippen molar-refractivity contribution in [3.63, 3.8) is 0 Å². The number of hydrogen-bond acceptors (Lipinski definition) is 5. The zero-order chi connectivity index (χ0) is 30.4. The molecule has 2 aromatic heterocycles. The van der Waals surface area contributed by atoms with Crippen LogP contribution in [0, 0.1) is 11.6 Å². The second-order valence-corrected chi connectivity index (χ2v) is 11.4. The molecule has 5 aromatic rings. The smallest absolute Gasteiger partial charge is 0.433 e. The number of alkyl halides is 3. The van der Waals surface area contributed by atoms with Gasteiger partial charge in [-0.3, -0.25) is 0 Å². The Balaban J connectivity index is 1.74. The number of nitrogens with two attached hydrogens (primary N) is 1. The minimum Gasteiger partial charge on any atom is -0.476 e. The van der Waals surface area contributed by atoms with Gasteiger partial charge < -0.3 is 5.11 Å². The Bertz CT molecular complexity index is 1850. The van der Waals surface area contributed by atoms with Crippen LogP contribution in [0.2, 0.25) is 0 Å². The van der Waals surface area contributed by atoms with Crippen molar-refractivity contribution in [2.75, 3.05) is 0 Å². The van der Waals surface area contributed by atoms with Gasteiger partial charge in [-0.05, 0) is 57.8 Å². The maximum atomic E-state index is 14.9. The van der Waals surface area contributed by atoms with E-state index in [0.29, 0.717) is 21.6 Å². The number of aromatic carboxylic acids is 1. The molecule has 15 heteroatoms. The number of benzene rings is 3. The molecule has 8 nitrogen and oxygen atoms in total. The molecule has 0 radical (unpaired) electrons. The molecule has 1 atom stereocenters. The van der Waals surface area contributed by atoms with Crippen LogP contribution in [0.5, 0.6) is 0 Å². The average Bonchev–Trinajstić information content (AvgIpc) is 3.55. The molecule has 3 aromatic carbocycles. The Morgan fingerprint density at radius 3 is 2.21 bits per heavy atom. The second kappa shape index (κ2) is 10.8. The van der Waals surface area contributed by atoms with Crippen LogP contribution in [0.25, 0.3) is 27.5 Å². The van der Waals surface area contributed by atoms with Gasteiger partial charge in [-0.25, -0.2) is 23.2 Å². The van der Waals surface area contributed by atoms with Gasteiger partial charge in [0.1, 0.15) is 11.6 Å². The molecule has 0 spiro atoms. The number of halogens is 5. The SMILES string of the molecule is N[S+](=O)(O)c1ccc(Cc2c(-c3ccc(F)c(-c4ccc(F)cc4)c3)nn(-c3nc(C(=O)O)cs3)c2C(F)(F)F)cc1. The Kier molecular flexibility index (Phi) is 7.53. The van der Waals surface area contributed by atoms with E-state index in [0.717, 1.165) is 23.6 Å². The number of carboxylic acids is 1. The third-order valence-corrected chi connectivity index (χ3v) is 7.95. The molecule has 0 aliphatic heterocycles. The fourth-order valence-corrected chi connectivity index (χ4v) is 5.55. The summed E-state index contributed by atoms with van der Waals surface area (Å²) in [7, 11) is -3.81. The standard InChI is InChI=1S/C27H17F5N4O4S2/c28-17-6-3-15(4-7-17)19-12-16(5-10-21(19)29)23-20(11-14-1-8-18(9-2-14)42(33,39)40)24(27(30,31)32)36(35-23)26-34-22(13-41-26)25(37)38/h1-10,12-13H,11H2,(H3-,33,37,38,39,40)/p+1. The summed E-state index contributed by atoms with van der Waals surface area (Å²) in [5.74, 6) is -2.71. The molecule has 5 rings (SSSR count). The topological polar surface area (TPSA) is 131 Å². The summed E-state index contributed by atoms with van der Waals surface area (Å²) in [6.07, 6.45) is -5.39. The van der Waals surface area contributed by atoms with Gasteiger partial charge in [0.15, 0.2) is 11.4 Å². The minimum atomic E-state index is -5.01. The molecule has 1 unspecified atom stereocenters. The van der Waals surface area contributed by atoms with E-state index in [1.54, 1.807) is 0 Å². The number of carboxylic acid groups (broad SMARTS) is 1. The molecule has 0 bridgehead atoms. The van der Waals surface area contributed by atoms with Crippen molar-refractivity contribution >= 4 is 27.7 Å². The summed E-state index contributed by atoms with van der Waals surface area (Å²) in [6, 6.07) is 13.5. The van der Waals surface area contributed by atoms with Crippen LogP contribution in [0.15, 0.2) is 77.0 Å². The van der Waals surface area contributed by atoms with Crippen molar-refractivity contribution in [2.45, 2.75) is 17.5 Å². The second-order valence-electron chi connectivity index (χ2n) is 9.00. The van der Waals surface area contributed by atoms with Gasteiger partial charge >= 0.3 is 22.5 Å². The number of hydrogen-bond donors (Lipinski definition) is 3. The first-order valence-electron chi connectivity index (χ1n) is 11.8. The predicted octanol–water partition coefficient (Wildman–Crippen LogP) is 6.45. The van der Waals surface area contributed by atoms with Crippen molar-refractivity contribution in [1.82, 2.24) is 14.8 Å². The molecule has 4 N–H and O–H groups in total. The van der Waals surface area contributed by atoms with E-state index in [2.05, 4.69) is 10.1 Å². The quantitative estimate of drug-likeness (QED) is 0.141. The Morgan fingerprint density at radius 1 is 1.00 bits per heavy atom.